The van der Waals surface area contributed by atoms with Gasteiger partial charge in [-0.1, -0.05) is 36.8 Å². The number of piperidine rings is 2. The third-order valence-electron chi connectivity index (χ3n) is 8.04. The standard InChI is InChI=1S/C30H46N6O4S/c1-31-25-16-27(32-2)30(28(17-25)33-3)41(38,39)36-15-8-7-13-26(36)21-40-22-29(37)34-18-24-12-9-14-35(20-24)19-23-10-5-4-6-11-23/h4-6,10-11,16-17,24,26,31-33H,7-9,12-15,18-22H2,1-3H3,(H,34,37). The summed E-state index contributed by atoms with van der Waals surface area (Å²) >= 11 is 0. The Bertz CT molecular complexity index is 1220. The number of hydrogen-bond acceptors (Lipinski definition) is 8. The smallest absolute Gasteiger partial charge is 0.247 e. The van der Waals surface area contributed by atoms with Gasteiger partial charge in [0.2, 0.25) is 15.9 Å². The maximum absolute atomic E-state index is 14.0. The Hall–Kier alpha value is -2.86. The van der Waals surface area contributed by atoms with Crippen molar-refractivity contribution in [1.82, 2.24) is 14.5 Å². The van der Waals surface area contributed by atoms with Crippen molar-refractivity contribution in [3.8, 4) is 0 Å². The van der Waals surface area contributed by atoms with Crippen molar-refractivity contribution in [2.45, 2.75) is 49.6 Å². The second-order valence-corrected chi connectivity index (χ2v) is 12.8. The molecular formula is C30H46N6O4S. The molecule has 2 aliphatic rings. The van der Waals surface area contributed by atoms with E-state index >= 15 is 0 Å². The van der Waals surface area contributed by atoms with Gasteiger partial charge in [0.1, 0.15) is 11.5 Å². The Kier molecular flexibility index (Phi) is 11.3. The average Bonchev–Trinajstić information content (AvgIpc) is 3.00. The lowest BCUT2D eigenvalue weighted by Crippen LogP contribution is -2.47. The number of anilines is 3. The fraction of sp³-hybridized carbons (Fsp3) is 0.567. The molecule has 1 amide bonds. The second kappa shape index (κ2) is 14.9. The van der Waals surface area contributed by atoms with Crippen LogP contribution in [0, 0.1) is 5.92 Å². The molecule has 226 valence electrons. The van der Waals surface area contributed by atoms with Gasteiger partial charge in [-0.3, -0.25) is 9.69 Å². The van der Waals surface area contributed by atoms with Crippen LogP contribution in [0.4, 0.5) is 17.1 Å². The number of carbonyl (C=O) groups excluding carboxylic acids is 1. The van der Waals surface area contributed by atoms with Crippen LogP contribution in [0.3, 0.4) is 0 Å². The minimum Gasteiger partial charge on any atom is -0.388 e. The summed E-state index contributed by atoms with van der Waals surface area (Å²) in [5.41, 5.74) is 3.16. The molecule has 2 unspecified atom stereocenters. The molecule has 0 radical (unpaired) electrons. The monoisotopic (exact) mass is 586 g/mol. The Morgan fingerprint density at radius 3 is 2.37 bits per heavy atom. The van der Waals surface area contributed by atoms with E-state index in [-0.39, 0.29) is 30.1 Å². The summed E-state index contributed by atoms with van der Waals surface area (Å²) in [6, 6.07) is 13.7. The molecular weight excluding hydrogens is 540 g/mol. The average molecular weight is 587 g/mol. The molecule has 2 aliphatic heterocycles. The summed E-state index contributed by atoms with van der Waals surface area (Å²) in [5, 5.41) is 12.2. The van der Waals surface area contributed by atoms with Crippen molar-refractivity contribution in [2.24, 2.45) is 5.92 Å². The van der Waals surface area contributed by atoms with E-state index in [9.17, 15) is 13.2 Å². The minimum atomic E-state index is -3.83. The first kappa shape index (κ1) is 31.1. The van der Waals surface area contributed by atoms with Crippen LogP contribution in [-0.4, -0.2) is 90.1 Å². The molecule has 10 nitrogen and oxygen atoms in total. The maximum atomic E-state index is 14.0. The molecule has 2 saturated heterocycles. The van der Waals surface area contributed by atoms with Gasteiger partial charge in [-0.15, -0.1) is 0 Å². The molecule has 2 fully saturated rings. The first-order valence-electron chi connectivity index (χ1n) is 14.7. The first-order chi connectivity index (χ1) is 19.8. The Morgan fingerprint density at radius 2 is 1.68 bits per heavy atom. The second-order valence-electron chi connectivity index (χ2n) is 11.0. The van der Waals surface area contributed by atoms with Gasteiger partial charge in [-0.2, -0.15) is 4.31 Å². The molecule has 11 heteroatoms. The van der Waals surface area contributed by atoms with Gasteiger partial charge in [0.15, 0.2) is 0 Å². The molecule has 0 bridgehead atoms. The molecule has 2 atom stereocenters. The lowest BCUT2D eigenvalue weighted by Gasteiger charge is -2.35. The van der Waals surface area contributed by atoms with Crippen LogP contribution in [0.1, 0.15) is 37.7 Å². The van der Waals surface area contributed by atoms with Crippen LogP contribution in [0.5, 0.6) is 0 Å². The van der Waals surface area contributed by atoms with E-state index in [1.54, 1.807) is 37.6 Å². The zero-order valence-electron chi connectivity index (χ0n) is 24.6. The molecule has 41 heavy (non-hydrogen) atoms. The van der Waals surface area contributed by atoms with Crippen LogP contribution < -0.4 is 21.3 Å². The van der Waals surface area contributed by atoms with Crippen LogP contribution >= 0.6 is 0 Å². The van der Waals surface area contributed by atoms with Crippen molar-refractivity contribution in [3.63, 3.8) is 0 Å². The number of sulfonamides is 1. The van der Waals surface area contributed by atoms with E-state index in [1.807, 2.05) is 6.07 Å². The van der Waals surface area contributed by atoms with E-state index in [2.05, 4.69) is 50.4 Å². The largest absolute Gasteiger partial charge is 0.388 e. The van der Waals surface area contributed by atoms with Crippen molar-refractivity contribution in [3.05, 3.63) is 48.0 Å². The highest BCUT2D eigenvalue weighted by Crippen LogP contribution is 2.37. The zero-order valence-corrected chi connectivity index (χ0v) is 25.4. The topological polar surface area (TPSA) is 115 Å². The summed E-state index contributed by atoms with van der Waals surface area (Å²) in [7, 11) is 1.41. The maximum Gasteiger partial charge on any atom is 0.247 e. The third-order valence-corrected chi connectivity index (χ3v) is 10.1. The highest BCUT2D eigenvalue weighted by atomic mass is 32.2. The molecule has 0 spiro atoms. The van der Waals surface area contributed by atoms with Crippen LogP contribution in [-0.2, 0) is 26.1 Å². The van der Waals surface area contributed by atoms with E-state index < -0.39 is 10.0 Å². The van der Waals surface area contributed by atoms with Gasteiger partial charge in [0.25, 0.3) is 0 Å². The van der Waals surface area contributed by atoms with Gasteiger partial charge in [0.05, 0.1) is 18.0 Å². The highest BCUT2D eigenvalue weighted by Gasteiger charge is 2.37. The fourth-order valence-electron chi connectivity index (χ4n) is 5.90. The lowest BCUT2D eigenvalue weighted by molar-refractivity contribution is -0.126. The van der Waals surface area contributed by atoms with Gasteiger partial charge < -0.3 is 26.0 Å². The van der Waals surface area contributed by atoms with Crippen molar-refractivity contribution in [2.75, 3.05) is 76.5 Å². The van der Waals surface area contributed by atoms with E-state index in [0.717, 1.165) is 51.0 Å². The Balaban J connectivity index is 1.30. The number of amides is 1. The zero-order chi connectivity index (χ0) is 29.2. The van der Waals surface area contributed by atoms with E-state index in [4.69, 9.17) is 4.74 Å². The van der Waals surface area contributed by atoms with Gasteiger partial charge in [0, 0.05) is 59.1 Å². The van der Waals surface area contributed by atoms with Crippen molar-refractivity contribution >= 4 is 33.0 Å². The number of benzene rings is 2. The molecule has 0 aromatic heterocycles. The van der Waals surface area contributed by atoms with Crippen molar-refractivity contribution in [1.29, 1.82) is 0 Å². The first-order valence-corrected chi connectivity index (χ1v) is 16.1. The number of nitrogens with one attached hydrogen (secondary N) is 4. The highest BCUT2D eigenvalue weighted by molar-refractivity contribution is 7.89. The van der Waals surface area contributed by atoms with Gasteiger partial charge in [-0.05, 0) is 55.8 Å². The predicted octanol–water partition coefficient (Wildman–Crippen LogP) is 3.40. The predicted molar refractivity (Wildman–Crippen MR) is 165 cm³/mol. The SMILES string of the molecule is CNc1cc(NC)c(S(=O)(=O)N2CCCCC2COCC(=O)NCC2CCCN(Cc3ccccc3)C2)c(NC)c1. The molecule has 2 aromatic rings. The summed E-state index contributed by atoms with van der Waals surface area (Å²) in [4.78, 5) is 15.3. The molecule has 0 saturated carbocycles. The van der Waals surface area contributed by atoms with Crippen LogP contribution in [0.15, 0.2) is 47.4 Å². The molecule has 2 heterocycles. The molecule has 4 rings (SSSR count). The number of rotatable bonds is 13. The number of likely N-dealkylation sites (tertiary alicyclic amines) is 1. The lowest BCUT2D eigenvalue weighted by atomic mass is 9.97. The van der Waals surface area contributed by atoms with Crippen LogP contribution in [0.25, 0.3) is 0 Å². The molecule has 0 aliphatic carbocycles. The Morgan fingerprint density at radius 1 is 0.951 bits per heavy atom. The van der Waals surface area contributed by atoms with Crippen LogP contribution in [0.2, 0.25) is 0 Å². The summed E-state index contributed by atoms with van der Waals surface area (Å²) in [6.07, 6.45) is 4.62. The fourth-order valence-corrected chi connectivity index (χ4v) is 7.94. The summed E-state index contributed by atoms with van der Waals surface area (Å²) in [5.74, 6) is 0.250. The number of ether oxygens (including phenoxy) is 1. The third kappa shape index (κ3) is 8.12. The van der Waals surface area contributed by atoms with Gasteiger partial charge in [-0.25, -0.2) is 8.42 Å². The number of hydrogen-bond donors (Lipinski definition) is 4. The van der Waals surface area contributed by atoms with Gasteiger partial charge >= 0.3 is 0 Å². The minimum absolute atomic E-state index is 0.0781. The number of carbonyl (C=O) groups is 1. The summed E-state index contributed by atoms with van der Waals surface area (Å²) < 4.78 is 35.3. The van der Waals surface area contributed by atoms with E-state index in [0.29, 0.717) is 36.8 Å². The van der Waals surface area contributed by atoms with E-state index in [1.165, 1.54) is 5.56 Å². The molecule has 4 N–H and O–H groups in total. The summed E-state index contributed by atoms with van der Waals surface area (Å²) in [6.45, 7) is 4.12. The number of nitrogens with zero attached hydrogens (tertiary/aromatic N) is 2. The molecule has 2 aromatic carbocycles. The quantitative estimate of drug-likeness (QED) is 0.282. The normalized spacial score (nSPS) is 20.4. The Labute approximate surface area is 245 Å². The van der Waals surface area contributed by atoms with Crippen molar-refractivity contribution < 1.29 is 17.9 Å².